The summed E-state index contributed by atoms with van der Waals surface area (Å²) >= 11 is 0. The maximum atomic E-state index is 13.0. The molecule has 2 aliphatic heterocycles. The van der Waals surface area contributed by atoms with Gasteiger partial charge in [0.2, 0.25) is 0 Å². The van der Waals surface area contributed by atoms with Crippen LogP contribution in [0.25, 0.3) is 0 Å². The smallest absolute Gasteiger partial charge is 0.254 e. The molecule has 1 atom stereocenters. The van der Waals surface area contributed by atoms with Gasteiger partial charge in [-0.1, -0.05) is 18.2 Å². The Morgan fingerprint density at radius 1 is 1.04 bits per heavy atom. The summed E-state index contributed by atoms with van der Waals surface area (Å²) in [7, 11) is 0. The van der Waals surface area contributed by atoms with Crippen LogP contribution in [0.15, 0.2) is 42.6 Å². The van der Waals surface area contributed by atoms with Gasteiger partial charge in [0, 0.05) is 31.4 Å². The first-order valence-electron chi connectivity index (χ1n) is 9.81. The van der Waals surface area contributed by atoms with Gasteiger partial charge in [0.15, 0.2) is 0 Å². The molecule has 0 bridgehead atoms. The number of nitrogens with zero attached hydrogens (tertiary/aromatic N) is 3. The van der Waals surface area contributed by atoms with E-state index in [1.54, 1.807) is 0 Å². The number of anilines is 1. The summed E-state index contributed by atoms with van der Waals surface area (Å²) in [6.45, 7) is 5.19. The van der Waals surface area contributed by atoms with E-state index < -0.39 is 0 Å². The number of aryl methyl sites for hydroxylation is 1. The first-order chi connectivity index (χ1) is 12.7. The predicted octanol–water partition coefficient (Wildman–Crippen LogP) is 4.36. The van der Waals surface area contributed by atoms with Gasteiger partial charge < -0.3 is 9.80 Å². The zero-order valence-corrected chi connectivity index (χ0v) is 15.5. The number of rotatable bonds is 3. The Labute approximate surface area is 155 Å². The average Bonchev–Trinajstić information content (AvgIpc) is 3.22. The highest BCUT2D eigenvalue weighted by atomic mass is 16.2. The maximum Gasteiger partial charge on any atom is 0.254 e. The molecule has 2 saturated heterocycles. The Kier molecular flexibility index (Phi) is 4.91. The van der Waals surface area contributed by atoms with Crippen molar-refractivity contribution in [2.75, 3.05) is 24.5 Å². The molecule has 0 spiro atoms. The van der Waals surface area contributed by atoms with Crippen LogP contribution in [0.3, 0.4) is 0 Å². The number of benzene rings is 1. The molecule has 1 amide bonds. The van der Waals surface area contributed by atoms with Crippen molar-refractivity contribution in [3.05, 3.63) is 59.3 Å². The molecule has 2 aromatic rings. The number of pyridine rings is 1. The van der Waals surface area contributed by atoms with Gasteiger partial charge in [-0.2, -0.15) is 0 Å². The molecule has 4 heteroatoms. The predicted molar refractivity (Wildman–Crippen MR) is 104 cm³/mol. The molecule has 2 fully saturated rings. The Balaban J connectivity index is 1.60. The zero-order valence-electron chi connectivity index (χ0n) is 15.5. The lowest BCUT2D eigenvalue weighted by Crippen LogP contribution is -2.38. The highest BCUT2D eigenvalue weighted by Gasteiger charge is 2.29. The molecule has 0 unspecified atom stereocenters. The quantitative estimate of drug-likeness (QED) is 0.826. The van der Waals surface area contributed by atoms with Crippen molar-refractivity contribution < 1.29 is 4.79 Å². The van der Waals surface area contributed by atoms with Gasteiger partial charge in [-0.25, -0.2) is 4.98 Å². The van der Waals surface area contributed by atoms with Crippen LogP contribution in [0.4, 0.5) is 5.82 Å². The van der Waals surface area contributed by atoms with E-state index in [2.05, 4.69) is 17.9 Å². The monoisotopic (exact) mass is 349 g/mol. The van der Waals surface area contributed by atoms with E-state index in [1.807, 2.05) is 41.4 Å². The Bertz CT molecular complexity index is 768. The van der Waals surface area contributed by atoms with Crippen molar-refractivity contribution in [3.63, 3.8) is 0 Å². The van der Waals surface area contributed by atoms with E-state index >= 15 is 0 Å². The summed E-state index contributed by atoms with van der Waals surface area (Å²) in [5.74, 6) is 1.25. The minimum absolute atomic E-state index is 0.135. The third-order valence-corrected chi connectivity index (χ3v) is 5.65. The Morgan fingerprint density at radius 2 is 1.77 bits per heavy atom. The van der Waals surface area contributed by atoms with Crippen LogP contribution in [-0.2, 0) is 0 Å². The number of amides is 1. The molecule has 136 valence electrons. The van der Waals surface area contributed by atoms with E-state index in [0.717, 1.165) is 50.3 Å². The van der Waals surface area contributed by atoms with Crippen molar-refractivity contribution in [1.82, 2.24) is 9.88 Å². The highest BCUT2D eigenvalue weighted by Crippen LogP contribution is 2.34. The second-order valence-electron chi connectivity index (χ2n) is 7.48. The van der Waals surface area contributed by atoms with Crippen LogP contribution in [0, 0.1) is 6.92 Å². The van der Waals surface area contributed by atoms with Gasteiger partial charge in [0.1, 0.15) is 5.82 Å². The number of hydrogen-bond acceptors (Lipinski definition) is 3. The van der Waals surface area contributed by atoms with E-state index in [4.69, 9.17) is 4.98 Å². The summed E-state index contributed by atoms with van der Waals surface area (Å²) in [5, 5.41) is 0. The fourth-order valence-corrected chi connectivity index (χ4v) is 4.30. The van der Waals surface area contributed by atoms with Crippen LogP contribution in [-0.4, -0.2) is 35.4 Å². The van der Waals surface area contributed by atoms with Gasteiger partial charge in [0.05, 0.1) is 6.04 Å². The van der Waals surface area contributed by atoms with Gasteiger partial charge in [-0.15, -0.1) is 0 Å². The molecule has 26 heavy (non-hydrogen) atoms. The number of hydrogen-bond donors (Lipinski definition) is 0. The lowest BCUT2D eigenvalue weighted by Gasteiger charge is -2.36. The molecule has 4 nitrogen and oxygen atoms in total. The van der Waals surface area contributed by atoms with Gasteiger partial charge in [-0.3, -0.25) is 4.79 Å². The number of carbonyl (C=O) groups is 1. The lowest BCUT2D eigenvalue weighted by molar-refractivity contribution is 0.0611. The number of piperidine rings is 1. The van der Waals surface area contributed by atoms with Gasteiger partial charge >= 0.3 is 0 Å². The normalized spacial score (nSPS) is 20.4. The maximum absolute atomic E-state index is 13.0. The lowest BCUT2D eigenvalue weighted by atomic mass is 9.94. The molecule has 3 heterocycles. The van der Waals surface area contributed by atoms with Gasteiger partial charge in [-0.05, 0) is 68.4 Å². The summed E-state index contributed by atoms with van der Waals surface area (Å²) in [6, 6.07) is 12.0. The Hall–Kier alpha value is -2.36. The second-order valence-corrected chi connectivity index (χ2v) is 7.48. The van der Waals surface area contributed by atoms with Gasteiger partial charge in [0.25, 0.3) is 5.91 Å². The Morgan fingerprint density at radius 3 is 2.50 bits per heavy atom. The number of aromatic nitrogens is 1. The largest absolute Gasteiger partial charge is 0.356 e. The molecule has 0 N–H and O–H groups in total. The van der Waals surface area contributed by atoms with Crippen LogP contribution >= 0.6 is 0 Å². The van der Waals surface area contributed by atoms with Crippen LogP contribution in [0.1, 0.15) is 59.6 Å². The van der Waals surface area contributed by atoms with E-state index in [0.29, 0.717) is 0 Å². The van der Waals surface area contributed by atoms with Crippen LogP contribution < -0.4 is 4.90 Å². The second kappa shape index (κ2) is 7.48. The molecular formula is C22H27N3O. The summed E-state index contributed by atoms with van der Waals surface area (Å²) in [5.41, 5.74) is 3.18. The van der Waals surface area contributed by atoms with E-state index in [9.17, 15) is 4.79 Å². The topological polar surface area (TPSA) is 36.4 Å². The first kappa shape index (κ1) is 17.1. The van der Waals surface area contributed by atoms with Crippen LogP contribution in [0.5, 0.6) is 0 Å². The van der Waals surface area contributed by atoms with Crippen LogP contribution in [0.2, 0.25) is 0 Å². The molecule has 1 aromatic carbocycles. The number of likely N-dealkylation sites (tertiary alicyclic amines) is 1. The molecule has 2 aliphatic rings. The van der Waals surface area contributed by atoms with E-state index in [1.165, 1.54) is 24.0 Å². The third kappa shape index (κ3) is 3.33. The zero-order chi connectivity index (χ0) is 17.9. The number of carbonyl (C=O) groups excluding carboxylic acids is 1. The summed E-state index contributed by atoms with van der Waals surface area (Å²) in [4.78, 5) is 22.3. The summed E-state index contributed by atoms with van der Waals surface area (Å²) < 4.78 is 0. The standard InChI is InChI=1S/C22H27N3O/c1-17-15-19(16-23-21(17)24-12-7-8-13-24)20-11-5-6-14-25(20)22(26)18-9-3-2-4-10-18/h2-4,9-10,15-16,20H,5-8,11-14H2,1H3/t20-/m0/s1. The average molecular weight is 349 g/mol. The fraction of sp³-hybridized carbons (Fsp3) is 0.455. The van der Waals surface area contributed by atoms with Crippen molar-refractivity contribution >= 4 is 11.7 Å². The molecule has 1 aromatic heterocycles. The SMILES string of the molecule is Cc1cc([C@@H]2CCCCN2C(=O)c2ccccc2)cnc1N1CCCC1. The third-order valence-electron chi connectivity index (χ3n) is 5.65. The molecule has 0 saturated carbocycles. The van der Waals surface area contributed by atoms with Crippen molar-refractivity contribution in [3.8, 4) is 0 Å². The molecule has 0 radical (unpaired) electrons. The molecule has 4 rings (SSSR count). The van der Waals surface area contributed by atoms with Crippen molar-refractivity contribution in [1.29, 1.82) is 0 Å². The minimum atomic E-state index is 0.135. The van der Waals surface area contributed by atoms with Crippen molar-refractivity contribution in [2.24, 2.45) is 0 Å². The first-order valence-corrected chi connectivity index (χ1v) is 9.81. The highest BCUT2D eigenvalue weighted by molar-refractivity contribution is 5.94. The fourth-order valence-electron chi connectivity index (χ4n) is 4.30. The minimum Gasteiger partial charge on any atom is -0.356 e. The molecule has 0 aliphatic carbocycles. The van der Waals surface area contributed by atoms with E-state index in [-0.39, 0.29) is 11.9 Å². The van der Waals surface area contributed by atoms with Crippen molar-refractivity contribution in [2.45, 2.75) is 45.1 Å². The summed E-state index contributed by atoms with van der Waals surface area (Å²) in [6.07, 6.45) is 7.77. The molecular weight excluding hydrogens is 322 g/mol.